The summed E-state index contributed by atoms with van der Waals surface area (Å²) in [6.45, 7) is 3.57. The van der Waals surface area contributed by atoms with Crippen molar-refractivity contribution in [1.29, 1.82) is 0 Å². The van der Waals surface area contributed by atoms with Crippen LogP contribution in [0.3, 0.4) is 0 Å². The van der Waals surface area contributed by atoms with Gasteiger partial charge in [0.1, 0.15) is 0 Å². The van der Waals surface area contributed by atoms with Crippen LogP contribution in [0.25, 0.3) is 0 Å². The molecular formula is C9H9Cl2NO3. The van der Waals surface area contributed by atoms with Gasteiger partial charge in [0.25, 0.3) is 5.69 Å². The third-order valence-electron chi connectivity index (χ3n) is 1.58. The van der Waals surface area contributed by atoms with Crippen molar-refractivity contribution in [2.24, 2.45) is 0 Å². The van der Waals surface area contributed by atoms with E-state index in [1.165, 1.54) is 12.1 Å². The summed E-state index contributed by atoms with van der Waals surface area (Å²) in [6, 6.07) is 2.64. The molecule has 0 aliphatic rings. The maximum absolute atomic E-state index is 10.6. The van der Waals surface area contributed by atoms with Gasteiger partial charge < -0.3 is 4.74 Å². The molecule has 1 aromatic carbocycles. The second-order valence-electron chi connectivity index (χ2n) is 3.13. The fourth-order valence-corrected chi connectivity index (χ4v) is 1.54. The summed E-state index contributed by atoms with van der Waals surface area (Å²) in [5.74, 6) is 0.155. The molecule has 0 aromatic heterocycles. The Morgan fingerprint density at radius 2 is 2.00 bits per heavy atom. The SMILES string of the molecule is CC(C)Oc1c(Cl)ccc([N+](=O)[O-])c1Cl. The highest BCUT2D eigenvalue weighted by Crippen LogP contribution is 2.39. The van der Waals surface area contributed by atoms with Gasteiger partial charge in [0, 0.05) is 6.07 Å². The van der Waals surface area contributed by atoms with Gasteiger partial charge in [0.2, 0.25) is 0 Å². The van der Waals surface area contributed by atoms with Crippen LogP contribution in [-0.2, 0) is 0 Å². The molecule has 0 saturated carbocycles. The van der Waals surface area contributed by atoms with Crippen LogP contribution < -0.4 is 4.74 Å². The molecule has 4 nitrogen and oxygen atoms in total. The van der Waals surface area contributed by atoms with E-state index < -0.39 is 4.92 Å². The maximum atomic E-state index is 10.6. The number of nitro groups is 1. The standard InChI is InChI=1S/C9H9Cl2NO3/c1-5(2)15-9-6(10)3-4-7(8(9)11)12(13)14/h3-5H,1-2H3. The van der Waals surface area contributed by atoms with Gasteiger partial charge in [-0.25, -0.2) is 0 Å². The molecule has 82 valence electrons. The number of ether oxygens (including phenoxy) is 1. The largest absolute Gasteiger partial charge is 0.488 e. The monoisotopic (exact) mass is 249 g/mol. The summed E-state index contributed by atoms with van der Waals surface area (Å²) in [5, 5.41) is 10.8. The Balaban J connectivity index is 3.24. The Bertz CT molecular complexity index is 393. The van der Waals surface area contributed by atoms with E-state index in [9.17, 15) is 10.1 Å². The minimum atomic E-state index is -0.578. The quantitative estimate of drug-likeness (QED) is 0.607. The number of hydrogen-bond donors (Lipinski definition) is 0. The van der Waals surface area contributed by atoms with Crippen LogP contribution in [-0.4, -0.2) is 11.0 Å². The van der Waals surface area contributed by atoms with E-state index >= 15 is 0 Å². The zero-order valence-corrected chi connectivity index (χ0v) is 9.67. The first-order chi connectivity index (χ1) is 6.93. The normalized spacial score (nSPS) is 10.5. The van der Waals surface area contributed by atoms with E-state index in [1.807, 2.05) is 0 Å². The molecule has 0 radical (unpaired) electrons. The van der Waals surface area contributed by atoms with Crippen molar-refractivity contribution in [1.82, 2.24) is 0 Å². The lowest BCUT2D eigenvalue weighted by Crippen LogP contribution is -2.07. The highest BCUT2D eigenvalue weighted by Gasteiger charge is 2.20. The molecule has 0 bridgehead atoms. The van der Waals surface area contributed by atoms with Gasteiger partial charge in [-0.15, -0.1) is 0 Å². The number of rotatable bonds is 3. The smallest absolute Gasteiger partial charge is 0.291 e. The van der Waals surface area contributed by atoms with E-state index in [4.69, 9.17) is 27.9 Å². The minimum Gasteiger partial charge on any atom is -0.488 e. The third-order valence-corrected chi connectivity index (χ3v) is 2.24. The Kier molecular flexibility index (Phi) is 3.77. The fraction of sp³-hybridized carbons (Fsp3) is 0.333. The highest BCUT2D eigenvalue weighted by molar-refractivity contribution is 6.38. The summed E-state index contributed by atoms with van der Waals surface area (Å²) < 4.78 is 5.30. The summed E-state index contributed by atoms with van der Waals surface area (Å²) >= 11 is 11.6. The number of nitrogens with zero attached hydrogens (tertiary/aromatic N) is 1. The predicted molar refractivity (Wildman–Crippen MR) is 58.9 cm³/mol. The van der Waals surface area contributed by atoms with Crippen LogP contribution in [0.2, 0.25) is 10.0 Å². The molecule has 0 aliphatic carbocycles. The fourth-order valence-electron chi connectivity index (χ4n) is 1.01. The molecule has 0 amide bonds. The van der Waals surface area contributed by atoms with Gasteiger partial charge in [0.05, 0.1) is 16.0 Å². The lowest BCUT2D eigenvalue weighted by Gasteiger charge is -2.12. The van der Waals surface area contributed by atoms with Crippen molar-refractivity contribution in [2.45, 2.75) is 20.0 Å². The minimum absolute atomic E-state index is 0.0683. The zero-order chi connectivity index (χ0) is 11.6. The van der Waals surface area contributed by atoms with Crippen molar-refractivity contribution >= 4 is 28.9 Å². The molecule has 0 unspecified atom stereocenters. The van der Waals surface area contributed by atoms with E-state index in [-0.39, 0.29) is 27.6 Å². The molecular weight excluding hydrogens is 241 g/mol. The van der Waals surface area contributed by atoms with Gasteiger partial charge in [-0.05, 0) is 19.9 Å². The first-order valence-electron chi connectivity index (χ1n) is 4.22. The lowest BCUT2D eigenvalue weighted by molar-refractivity contribution is -0.384. The molecule has 1 aromatic rings. The van der Waals surface area contributed by atoms with Crippen molar-refractivity contribution in [3.05, 3.63) is 32.3 Å². The van der Waals surface area contributed by atoms with Crippen molar-refractivity contribution in [2.75, 3.05) is 0 Å². The van der Waals surface area contributed by atoms with E-state index in [0.29, 0.717) is 0 Å². The molecule has 1 rings (SSSR count). The summed E-state index contributed by atoms with van der Waals surface area (Å²) in [6.07, 6.45) is -0.151. The first kappa shape index (κ1) is 12.1. The van der Waals surface area contributed by atoms with E-state index in [1.54, 1.807) is 13.8 Å². The zero-order valence-electron chi connectivity index (χ0n) is 8.16. The second kappa shape index (κ2) is 4.68. The molecule has 0 N–H and O–H groups in total. The molecule has 0 aliphatic heterocycles. The van der Waals surface area contributed by atoms with Crippen LogP contribution >= 0.6 is 23.2 Å². The highest BCUT2D eigenvalue weighted by atomic mass is 35.5. The van der Waals surface area contributed by atoms with Crippen LogP contribution in [0.1, 0.15) is 13.8 Å². The number of halogens is 2. The molecule has 6 heteroatoms. The van der Waals surface area contributed by atoms with Gasteiger partial charge in [-0.3, -0.25) is 10.1 Å². The Labute approximate surface area is 96.9 Å². The van der Waals surface area contributed by atoms with Gasteiger partial charge in [0.15, 0.2) is 10.8 Å². The first-order valence-corrected chi connectivity index (χ1v) is 4.98. The Morgan fingerprint density at radius 1 is 1.40 bits per heavy atom. The van der Waals surface area contributed by atoms with E-state index in [0.717, 1.165) is 0 Å². The average Bonchev–Trinajstić information content (AvgIpc) is 2.11. The Hall–Kier alpha value is -1.00. The Morgan fingerprint density at radius 3 is 2.47 bits per heavy atom. The average molecular weight is 250 g/mol. The second-order valence-corrected chi connectivity index (χ2v) is 3.92. The molecule has 0 fully saturated rings. The number of benzene rings is 1. The molecule has 0 saturated heterocycles. The van der Waals surface area contributed by atoms with Crippen LogP contribution in [0.4, 0.5) is 5.69 Å². The van der Waals surface area contributed by atoms with Gasteiger partial charge in [-0.1, -0.05) is 23.2 Å². The summed E-state index contributed by atoms with van der Waals surface area (Å²) in [5.41, 5.74) is -0.211. The van der Waals surface area contributed by atoms with Gasteiger partial charge >= 0.3 is 0 Å². The van der Waals surface area contributed by atoms with Crippen molar-refractivity contribution in [3.63, 3.8) is 0 Å². The van der Waals surface area contributed by atoms with Crippen LogP contribution in [0.15, 0.2) is 12.1 Å². The number of nitro benzene ring substituents is 1. The maximum Gasteiger partial charge on any atom is 0.291 e. The molecule has 0 atom stereocenters. The molecule has 0 heterocycles. The summed E-state index contributed by atoms with van der Waals surface area (Å²) in [7, 11) is 0. The summed E-state index contributed by atoms with van der Waals surface area (Å²) in [4.78, 5) is 10.0. The predicted octanol–water partition coefficient (Wildman–Crippen LogP) is 3.69. The topological polar surface area (TPSA) is 52.4 Å². The van der Waals surface area contributed by atoms with E-state index in [2.05, 4.69) is 0 Å². The lowest BCUT2D eigenvalue weighted by atomic mass is 10.3. The molecule has 15 heavy (non-hydrogen) atoms. The van der Waals surface area contributed by atoms with Crippen LogP contribution in [0.5, 0.6) is 5.75 Å². The molecule has 0 spiro atoms. The van der Waals surface area contributed by atoms with Crippen molar-refractivity contribution in [3.8, 4) is 5.75 Å². The van der Waals surface area contributed by atoms with Crippen molar-refractivity contribution < 1.29 is 9.66 Å². The third kappa shape index (κ3) is 2.73. The van der Waals surface area contributed by atoms with Crippen LogP contribution in [0, 0.1) is 10.1 Å². The number of hydrogen-bond acceptors (Lipinski definition) is 3. The van der Waals surface area contributed by atoms with Gasteiger partial charge in [-0.2, -0.15) is 0 Å².